The maximum absolute atomic E-state index is 5.77. The molecule has 2 aromatic rings. The number of nitrogens with two attached hydrogens (primary N) is 1. The fourth-order valence-corrected chi connectivity index (χ4v) is 1.81. The van der Waals surface area contributed by atoms with Crippen LogP contribution in [-0.2, 0) is 6.54 Å². The van der Waals surface area contributed by atoms with Crippen LogP contribution in [0.4, 0.5) is 5.82 Å². The summed E-state index contributed by atoms with van der Waals surface area (Å²) in [6.45, 7) is 3.06. The van der Waals surface area contributed by atoms with E-state index in [0.717, 1.165) is 13.0 Å². The molecule has 2 aromatic heterocycles. The van der Waals surface area contributed by atoms with E-state index >= 15 is 0 Å². The molecule has 16 heavy (non-hydrogen) atoms. The van der Waals surface area contributed by atoms with Gasteiger partial charge in [-0.3, -0.25) is 0 Å². The molecule has 0 atom stereocenters. The Kier molecular flexibility index (Phi) is 3.24. The van der Waals surface area contributed by atoms with Crippen molar-refractivity contribution in [3.63, 3.8) is 0 Å². The molecule has 0 bridgehead atoms. The summed E-state index contributed by atoms with van der Waals surface area (Å²) in [6, 6.07) is 0. The Morgan fingerprint density at radius 3 is 2.94 bits per heavy atom. The molecule has 2 rings (SSSR count). The van der Waals surface area contributed by atoms with Gasteiger partial charge in [-0.2, -0.15) is 9.97 Å². The Balaban J connectivity index is 2.32. The molecule has 2 heterocycles. The summed E-state index contributed by atoms with van der Waals surface area (Å²) >= 11 is 5.77. The van der Waals surface area contributed by atoms with Gasteiger partial charge >= 0.3 is 0 Å². The number of unbranched alkanes of at least 4 members (excludes halogenated alkanes) is 2. The molecule has 6 heteroatoms. The van der Waals surface area contributed by atoms with Crippen molar-refractivity contribution in [1.82, 2.24) is 19.5 Å². The number of halogens is 1. The first kappa shape index (κ1) is 11.1. The summed E-state index contributed by atoms with van der Waals surface area (Å²) in [4.78, 5) is 12.2. The van der Waals surface area contributed by atoms with Crippen LogP contribution in [0.15, 0.2) is 6.33 Å². The first-order valence-corrected chi connectivity index (χ1v) is 5.74. The minimum Gasteiger partial charge on any atom is -0.382 e. The van der Waals surface area contributed by atoms with Gasteiger partial charge in [-0.25, -0.2) is 4.98 Å². The highest BCUT2D eigenvalue weighted by Crippen LogP contribution is 2.18. The molecule has 86 valence electrons. The van der Waals surface area contributed by atoms with Crippen molar-refractivity contribution in [2.24, 2.45) is 0 Å². The highest BCUT2D eigenvalue weighted by molar-refractivity contribution is 6.28. The SMILES string of the molecule is CCCCCn1cnc2c(N)nc(Cl)nc21. The zero-order valence-electron chi connectivity index (χ0n) is 9.15. The van der Waals surface area contributed by atoms with Gasteiger partial charge < -0.3 is 10.3 Å². The van der Waals surface area contributed by atoms with Crippen molar-refractivity contribution in [1.29, 1.82) is 0 Å². The van der Waals surface area contributed by atoms with Gasteiger partial charge in [0.25, 0.3) is 0 Å². The third-order valence-electron chi connectivity index (χ3n) is 2.47. The molecule has 0 spiro atoms. The first-order valence-electron chi connectivity index (χ1n) is 5.36. The third-order valence-corrected chi connectivity index (χ3v) is 2.64. The van der Waals surface area contributed by atoms with Crippen LogP contribution in [0, 0.1) is 0 Å². The number of nitrogens with zero attached hydrogens (tertiary/aromatic N) is 4. The predicted molar refractivity (Wildman–Crippen MR) is 64.3 cm³/mol. The van der Waals surface area contributed by atoms with E-state index in [1.54, 1.807) is 6.33 Å². The van der Waals surface area contributed by atoms with E-state index in [4.69, 9.17) is 17.3 Å². The summed E-state index contributed by atoms with van der Waals surface area (Å²) in [7, 11) is 0. The lowest BCUT2D eigenvalue weighted by molar-refractivity contribution is 0.610. The van der Waals surface area contributed by atoms with Crippen molar-refractivity contribution < 1.29 is 0 Å². The molecule has 0 aliphatic heterocycles. The molecular formula is C10H14ClN5. The van der Waals surface area contributed by atoms with Crippen LogP contribution in [-0.4, -0.2) is 19.5 Å². The molecule has 5 nitrogen and oxygen atoms in total. The molecule has 0 saturated carbocycles. The van der Waals surface area contributed by atoms with E-state index in [-0.39, 0.29) is 5.28 Å². The zero-order chi connectivity index (χ0) is 11.5. The predicted octanol–water partition coefficient (Wildman–Crippen LogP) is 2.25. The number of fused-ring (bicyclic) bond motifs is 1. The molecule has 0 aliphatic rings. The van der Waals surface area contributed by atoms with Crippen molar-refractivity contribution in [2.45, 2.75) is 32.7 Å². The third kappa shape index (κ3) is 2.09. The van der Waals surface area contributed by atoms with Crippen molar-refractivity contribution in [2.75, 3.05) is 5.73 Å². The lowest BCUT2D eigenvalue weighted by atomic mass is 10.2. The molecule has 0 unspecified atom stereocenters. The number of nitrogen functional groups attached to an aromatic ring is 1. The van der Waals surface area contributed by atoms with E-state index < -0.39 is 0 Å². The van der Waals surface area contributed by atoms with Gasteiger partial charge in [-0.1, -0.05) is 19.8 Å². The number of hydrogen-bond donors (Lipinski definition) is 1. The van der Waals surface area contributed by atoms with E-state index in [1.807, 2.05) is 4.57 Å². The molecule has 0 amide bonds. The van der Waals surface area contributed by atoms with Crippen molar-refractivity contribution in [3.05, 3.63) is 11.6 Å². The van der Waals surface area contributed by atoms with E-state index in [9.17, 15) is 0 Å². The lowest BCUT2D eigenvalue weighted by Crippen LogP contribution is -2.00. The number of hydrogen-bond acceptors (Lipinski definition) is 4. The average Bonchev–Trinajstić information content (AvgIpc) is 2.62. The van der Waals surface area contributed by atoms with E-state index in [1.165, 1.54) is 12.8 Å². The maximum Gasteiger partial charge on any atom is 0.226 e. The second kappa shape index (κ2) is 4.65. The monoisotopic (exact) mass is 239 g/mol. The Bertz CT molecular complexity index is 493. The highest BCUT2D eigenvalue weighted by Gasteiger charge is 2.09. The normalized spacial score (nSPS) is 11.1. The smallest absolute Gasteiger partial charge is 0.226 e. The van der Waals surface area contributed by atoms with E-state index in [2.05, 4.69) is 21.9 Å². The summed E-state index contributed by atoms with van der Waals surface area (Å²) in [5.41, 5.74) is 7.06. The molecule has 0 aromatic carbocycles. The van der Waals surface area contributed by atoms with Gasteiger partial charge in [0, 0.05) is 6.54 Å². The minimum absolute atomic E-state index is 0.169. The van der Waals surface area contributed by atoms with Crippen LogP contribution in [0.3, 0.4) is 0 Å². The van der Waals surface area contributed by atoms with Gasteiger partial charge in [0.05, 0.1) is 6.33 Å². The fraction of sp³-hybridized carbons (Fsp3) is 0.500. The molecule has 0 radical (unpaired) electrons. The van der Waals surface area contributed by atoms with Crippen molar-refractivity contribution >= 4 is 28.6 Å². The van der Waals surface area contributed by atoms with Crippen LogP contribution in [0.2, 0.25) is 5.28 Å². The lowest BCUT2D eigenvalue weighted by Gasteiger charge is -2.02. The fourth-order valence-electron chi connectivity index (χ4n) is 1.63. The van der Waals surface area contributed by atoms with Crippen LogP contribution in [0.25, 0.3) is 11.2 Å². The Morgan fingerprint density at radius 2 is 2.19 bits per heavy atom. The van der Waals surface area contributed by atoms with Crippen molar-refractivity contribution in [3.8, 4) is 0 Å². The topological polar surface area (TPSA) is 69.6 Å². The summed E-state index contributed by atoms with van der Waals surface area (Å²) < 4.78 is 1.97. The van der Waals surface area contributed by atoms with Gasteiger partial charge in [0.2, 0.25) is 5.28 Å². The Labute approximate surface area is 98.7 Å². The van der Waals surface area contributed by atoms with Gasteiger partial charge in [-0.05, 0) is 18.0 Å². The number of aromatic nitrogens is 4. The summed E-state index contributed by atoms with van der Waals surface area (Å²) in [5, 5.41) is 0.169. The minimum atomic E-state index is 0.169. The number of aryl methyl sites for hydroxylation is 1. The van der Waals surface area contributed by atoms with Gasteiger partial charge in [0.1, 0.15) is 5.52 Å². The van der Waals surface area contributed by atoms with Crippen LogP contribution >= 0.6 is 11.6 Å². The Hall–Kier alpha value is -1.36. The van der Waals surface area contributed by atoms with E-state index in [0.29, 0.717) is 17.0 Å². The second-order valence-electron chi connectivity index (χ2n) is 3.70. The molecule has 2 N–H and O–H groups in total. The summed E-state index contributed by atoms with van der Waals surface area (Å²) in [6.07, 6.45) is 5.21. The van der Waals surface area contributed by atoms with Crippen LogP contribution in [0.1, 0.15) is 26.2 Å². The maximum atomic E-state index is 5.77. The summed E-state index contributed by atoms with van der Waals surface area (Å²) in [5.74, 6) is 0.337. The van der Waals surface area contributed by atoms with Crippen LogP contribution in [0.5, 0.6) is 0 Å². The number of rotatable bonds is 4. The molecular weight excluding hydrogens is 226 g/mol. The molecule has 0 saturated heterocycles. The number of anilines is 1. The van der Waals surface area contributed by atoms with Crippen LogP contribution < -0.4 is 5.73 Å². The highest BCUT2D eigenvalue weighted by atomic mass is 35.5. The van der Waals surface area contributed by atoms with Gasteiger partial charge in [0.15, 0.2) is 11.5 Å². The standard InChI is InChI=1S/C10H14ClN5/c1-2-3-4-5-16-6-13-7-8(12)14-10(11)15-9(7)16/h6H,2-5H2,1H3,(H2,12,14,15). The largest absolute Gasteiger partial charge is 0.382 e. The molecule has 0 aliphatic carbocycles. The quantitative estimate of drug-likeness (QED) is 0.656. The van der Waals surface area contributed by atoms with Gasteiger partial charge in [-0.15, -0.1) is 0 Å². The Morgan fingerprint density at radius 1 is 1.38 bits per heavy atom. The number of imidazole rings is 1. The molecule has 0 fully saturated rings. The average molecular weight is 240 g/mol. The first-order chi connectivity index (χ1) is 7.72. The second-order valence-corrected chi connectivity index (χ2v) is 4.03. The zero-order valence-corrected chi connectivity index (χ0v) is 9.91.